The van der Waals surface area contributed by atoms with Crippen LogP contribution >= 0.6 is 0 Å². The van der Waals surface area contributed by atoms with Crippen molar-refractivity contribution in [3.63, 3.8) is 0 Å². The van der Waals surface area contributed by atoms with Crippen LogP contribution in [-0.4, -0.2) is 26.4 Å². The zero-order valence-corrected chi connectivity index (χ0v) is 16.7. The molecule has 1 aliphatic heterocycles. The molecule has 2 aromatic carbocycles. The smallest absolute Gasteiger partial charge is 0.0956 e. The fourth-order valence-corrected chi connectivity index (χ4v) is 5.12. The van der Waals surface area contributed by atoms with Gasteiger partial charge in [-0.25, -0.2) is 4.98 Å². The summed E-state index contributed by atoms with van der Waals surface area (Å²) in [6.07, 6.45) is 9.25. The van der Waals surface area contributed by atoms with Crippen LogP contribution in [0.4, 0.5) is 0 Å². The van der Waals surface area contributed by atoms with E-state index in [-0.39, 0.29) is 6.04 Å². The maximum absolute atomic E-state index is 11.5. The van der Waals surface area contributed by atoms with Gasteiger partial charge in [0.2, 0.25) is 0 Å². The van der Waals surface area contributed by atoms with Crippen molar-refractivity contribution in [1.29, 1.82) is 0 Å². The molecular formula is C25H28N2O2. The molecule has 0 amide bonds. The van der Waals surface area contributed by atoms with Gasteiger partial charge in [0, 0.05) is 12.0 Å². The molecular weight excluding hydrogens is 360 g/mol. The Hall–Kier alpha value is -2.43. The summed E-state index contributed by atoms with van der Waals surface area (Å²) in [6, 6.07) is 18.9. The van der Waals surface area contributed by atoms with Crippen molar-refractivity contribution >= 4 is 0 Å². The Labute approximate surface area is 172 Å². The van der Waals surface area contributed by atoms with Gasteiger partial charge < -0.3 is 14.4 Å². The van der Waals surface area contributed by atoms with Gasteiger partial charge in [-0.3, -0.25) is 0 Å². The van der Waals surface area contributed by atoms with Crippen molar-refractivity contribution in [1.82, 2.24) is 9.55 Å². The maximum Gasteiger partial charge on any atom is 0.0956 e. The number of benzene rings is 2. The summed E-state index contributed by atoms with van der Waals surface area (Å²) in [5, 5.41) is 11.5. The molecule has 4 nitrogen and oxygen atoms in total. The number of imidazole rings is 1. The van der Waals surface area contributed by atoms with E-state index in [9.17, 15) is 5.11 Å². The summed E-state index contributed by atoms with van der Waals surface area (Å²) in [5.41, 5.74) is 4.34. The summed E-state index contributed by atoms with van der Waals surface area (Å²) < 4.78 is 8.72. The molecule has 2 unspecified atom stereocenters. The number of hydrogen-bond donors (Lipinski definition) is 1. The van der Waals surface area contributed by atoms with E-state index in [1.165, 1.54) is 17.5 Å². The van der Waals surface area contributed by atoms with E-state index in [4.69, 9.17) is 4.74 Å². The molecule has 3 aromatic rings. The van der Waals surface area contributed by atoms with E-state index < -0.39 is 11.7 Å². The van der Waals surface area contributed by atoms with Crippen molar-refractivity contribution in [3.05, 3.63) is 78.2 Å². The highest BCUT2D eigenvalue weighted by atomic mass is 16.5. The number of fused-ring (bicyclic) bond motifs is 3. The Kier molecular flexibility index (Phi) is 4.98. The van der Waals surface area contributed by atoms with Gasteiger partial charge in [-0.15, -0.1) is 0 Å². The van der Waals surface area contributed by atoms with Crippen molar-refractivity contribution < 1.29 is 9.84 Å². The number of rotatable bonds is 6. The number of ether oxygens (including phenoxy) is 1. The van der Waals surface area contributed by atoms with Crippen LogP contribution in [0.25, 0.3) is 11.3 Å². The summed E-state index contributed by atoms with van der Waals surface area (Å²) in [5.74, 6) is 0. The third kappa shape index (κ3) is 3.41. The molecule has 0 spiro atoms. The van der Waals surface area contributed by atoms with Crippen molar-refractivity contribution in [3.8, 4) is 11.3 Å². The molecule has 5 rings (SSSR count). The Morgan fingerprint density at radius 2 is 1.79 bits per heavy atom. The lowest BCUT2D eigenvalue weighted by Gasteiger charge is -2.42. The van der Waals surface area contributed by atoms with Crippen LogP contribution in [-0.2, 0) is 11.3 Å². The van der Waals surface area contributed by atoms with Gasteiger partial charge in [0.25, 0.3) is 0 Å². The molecule has 1 saturated carbocycles. The Morgan fingerprint density at radius 1 is 1.03 bits per heavy atom. The molecule has 0 radical (unpaired) electrons. The van der Waals surface area contributed by atoms with Gasteiger partial charge in [-0.1, -0.05) is 73.9 Å². The molecule has 2 heterocycles. The normalized spacial score (nSPS) is 20.8. The van der Waals surface area contributed by atoms with E-state index in [0.717, 1.165) is 36.9 Å². The molecule has 4 heteroatoms. The maximum atomic E-state index is 11.5. The van der Waals surface area contributed by atoms with Crippen LogP contribution < -0.4 is 0 Å². The number of hydrogen-bond acceptors (Lipinski definition) is 3. The average Bonchev–Trinajstić information content (AvgIpc) is 3.36. The molecule has 0 bridgehead atoms. The SMILES string of the molecule is OC(CC1c2ccccc2-c2cncn21)C1(OCc2ccccc2)CCCCC1. The highest BCUT2D eigenvalue weighted by Gasteiger charge is 2.42. The first-order valence-electron chi connectivity index (χ1n) is 10.7. The van der Waals surface area contributed by atoms with Gasteiger partial charge in [-0.05, 0) is 24.0 Å². The highest BCUT2D eigenvalue weighted by molar-refractivity contribution is 5.68. The van der Waals surface area contributed by atoms with Crippen LogP contribution in [0.2, 0.25) is 0 Å². The largest absolute Gasteiger partial charge is 0.390 e. The lowest BCUT2D eigenvalue weighted by Crippen LogP contribution is -2.47. The quantitative estimate of drug-likeness (QED) is 0.637. The monoisotopic (exact) mass is 388 g/mol. The molecule has 2 atom stereocenters. The first-order valence-corrected chi connectivity index (χ1v) is 10.7. The highest BCUT2D eigenvalue weighted by Crippen LogP contribution is 2.44. The predicted octanol–water partition coefficient (Wildman–Crippen LogP) is 5.12. The topological polar surface area (TPSA) is 47.3 Å². The van der Waals surface area contributed by atoms with Crippen LogP contribution in [0.15, 0.2) is 67.1 Å². The van der Waals surface area contributed by atoms with Crippen molar-refractivity contribution in [2.24, 2.45) is 0 Å². The minimum atomic E-state index is -0.516. The van der Waals surface area contributed by atoms with E-state index in [1.807, 2.05) is 30.7 Å². The lowest BCUT2D eigenvalue weighted by atomic mass is 9.78. The molecule has 1 fully saturated rings. The number of aliphatic hydroxyl groups excluding tert-OH is 1. The predicted molar refractivity (Wildman–Crippen MR) is 113 cm³/mol. The first-order chi connectivity index (χ1) is 14.3. The molecule has 2 aliphatic rings. The number of aliphatic hydroxyl groups is 1. The Bertz CT molecular complexity index is 960. The summed E-state index contributed by atoms with van der Waals surface area (Å²) in [4.78, 5) is 4.36. The number of aromatic nitrogens is 2. The molecule has 1 aromatic heterocycles. The second kappa shape index (κ2) is 7.77. The molecule has 29 heavy (non-hydrogen) atoms. The van der Waals surface area contributed by atoms with E-state index >= 15 is 0 Å². The summed E-state index contributed by atoms with van der Waals surface area (Å²) in [7, 11) is 0. The molecule has 1 N–H and O–H groups in total. The van der Waals surface area contributed by atoms with E-state index in [1.54, 1.807) is 0 Å². The zero-order chi connectivity index (χ0) is 19.7. The van der Waals surface area contributed by atoms with Crippen LogP contribution in [0.5, 0.6) is 0 Å². The summed E-state index contributed by atoms with van der Waals surface area (Å²) >= 11 is 0. The fourth-order valence-electron chi connectivity index (χ4n) is 5.12. The fraction of sp³-hybridized carbons (Fsp3) is 0.400. The third-order valence-corrected chi connectivity index (χ3v) is 6.72. The van der Waals surface area contributed by atoms with Crippen LogP contribution in [0.3, 0.4) is 0 Å². The van der Waals surface area contributed by atoms with Gasteiger partial charge in [0.1, 0.15) is 0 Å². The number of nitrogens with zero attached hydrogens (tertiary/aromatic N) is 2. The minimum Gasteiger partial charge on any atom is -0.390 e. The minimum absolute atomic E-state index is 0.109. The third-order valence-electron chi connectivity index (χ3n) is 6.72. The zero-order valence-electron chi connectivity index (χ0n) is 16.7. The summed E-state index contributed by atoms with van der Waals surface area (Å²) in [6.45, 7) is 0.551. The van der Waals surface area contributed by atoms with Crippen molar-refractivity contribution in [2.45, 2.75) is 62.9 Å². The van der Waals surface area contributed by atoms with E-state index in [2.05, 4.69) is 45.9 Å². The van der Waals surface area contributed by atoms with Gasteiger partial charge in [0.05, 0.1) is 42.6 Å². The van der Waals surface area contributed by atoms with Gasteiger partial charge >= 0.3 is 0 Å². The second-order valence-corrected chi connectivity index (χ2v) is 8.44. The van der Waals surface area contributed by atoms with E-state index in [0.29, 0.717) is 13.0 Å². The molecule has 150 valence electrons. The second-order valence-electron chi connectivity index (χ2n) is 8.44. The van der Waals surface area contributed by atoms with Crippen LogP contribution in [0.1, 0.15) is 55.7 Å². The van der Waals surface area contributed by atoms with Gasteiger partial charge in [-0.2, -0.15) is 0 Å². The Morgan fingerprint density at radius 3 is 2.62 bits per heavy atom. The van der Waals surface area contributed by atoms with Crippen LogP contribution in [0, 0.1) is 0 Å². The van der Waals surface area contributed by atoms with Crippen molar-refractivity contribution in [2.75, 3.05) is 0 Å². The first kappa shape index (κ1) is 18.6. The lowest BCUT2D eigenvalue weighted by molar-refractivity contribution is -0.154. The average molecular weight is 389 g/mol. The standard InChI is InChI=1S/C25H28N2O2/c28-24(15-22-20-11-5-6-12-21(20)23-16-26-18-27(22)23)25(13-7-2-8-14-25)29-17-19-9-3-1-4-10-19/h1,3-6,9-12,16,18,22,24,28H,2,7-8,13-15,17H2. The molecule has 1 aliphatic carbocycles. The Balaban J connectivity index is 1.39. The molecule has 0 saturated heterocycles. The van der Waals surface area contributed by atoms with Gasteiger partial charge in [0.15, 0.2) is 0 Å².